The highest BCUT2D eigenvalue weighted by Crippen LogP contribution is 2.21. The molecule has 0 bridgehead atoms. The molecule has 0 radical (unpaired) electrons. The molecule has 0 aliphatic heterocycles. The van der Waals surface area contributed by atoms with Gasteiger partial charge in [0.2, 0.25) is 0 Å². The van der Waals surface area contributed by atoms with Gasteiger partial charge in [-0.3, -0.25) is 0 Å². The minimum absolute atomic E-state index is 0.0656. The highest BCUT2D eigenvalue weighted by Gasteiger charge is 2.13. The average molecular weight is 252 g/mol. The van der Waals surface area contributed by atoms with Gasteiger partial charge in [0, 0.05) is 0 Å². The van der Waals surface area contributed by atoms with Crippen LogP contribution in [0.25, 0.3) is 6.08 Å². The molecule has 0 saturated heterocycles. The van der Waals surface area contributed by atoms with Crippen LogP contribution >= 0.6 is 0 Å². The minimum Gasteiger partial charge on any atom is -0.504 e. The quantitative estimate of drug-likeness (QED) is 0.648. The van der Waals surface area contributed by atoms with E-state index in [-0.39, 0.29) is 18.2 Å². The predicted octanol–water partition coefficient (Wildman–Crippen LogP) is 2.85. The van der Waals surface area contributed by atoms with E-state index in [1.165, 1.54) is 11.6 Å². The fourth-order valence-corrected chi connectivity index (χ4v) is 2.17. The van der Waals surface area contributed by atoms with Crippen molar-refractivity contribution in [2.75, 3.05) is 0 Å². The number of benzene rings is 2. The second-order valence-corrected chi connectivity index (χ2v) is 4.80. The number of phenolic OH excluding ortho intramolecular Hbond substituents is 2. The van der Waals surface area contributed by atoms with Crippen LogP contribution in [0.5, 0.6) is 11.5 Å². The Balaban J connectivity index is 2.17. The molecule has 0 saturated carbocycles. The zero-order valence-corrected chi connectivity index (χ0v) is 11.0. The normalized spacial score (nSPS) is 10.2. The molecule has 0 unspecified atom stereocenters. The SMILES string of the molecule is C=Cc1cccc(CB(C)c2ccc(O)c(O)c2)c1. The highest BCUT2D eigenvalue weighted by atomic mass is 16.3. The second-order valence-electron chi connectivity index (χ2n) is 4.80. The number of hydrogen-bond donors (Lipinski definition) is 2. The lowest BCUT2D eigenvalue weighted by Crippen LogP contribution is -2.29. The van der Waals surface area contributed by atoms with Gasteiger partial charge in [-0.2, -0.15) is 0 Å². The molecule has 0 spiro atoms. The number of hydrogen-bond acceptors (Lipinski definition) is 2. The summed E-state index contributed by atoms with van der Waals surface area (Å²) >= 11 is 0. The van der Waals surface area contributed by atoms with Gasteiger partial charge in [0.15, 0.2) is 18.2 Å². The molecule has 0 aliphatic rings. The maximum Gasteiger partial charge on any atom is 0.177 e. The molecule has 96 valence electrons. The van der Waals surface area contributed by atoms with E-state index in [4.69, 9.17) is 0 Å². The summed E-state index contributed by atoms with van der Waals surface area (Å²) in [6, 6.07) is 13.2. The van der Waals surface area contributed by atoms with Crippen molar-refractivity contribution in [2.24, 2.45) is 0 Å². The summed E-state index contributed by atoms with van der Waals surface area (Å²) in [4.78, 5) is 0. The van der Waals surface area contributed by atoms with Gasteiger partial charge in [0.25, 0.3) is 0 Å². The fraction of sp³-hybridized carbons (Fsp3) is 0.125. The molecule has 0 amide bonds. The van der Waals surface area contributed by atoms with Crippen molar-refractivity contribution >= 4 is 18.3 Å². The summed E-state index contributed by atoms with van der Waals surface area (Å²) < 4.78 is 0. The monoisotopic (exact) mass is 252 g/mol. The van der Waals surface area contributed by atoms with Crippen molar-refractivity contribution in [1.29, 1.82) is 0 Å². The Bertz CT molecular complexity index is 593. The van der Waals surface area contributed by atoms with Crippen LogP contribution in [0.3, 0.4) is 0 Å². The summed E-state index contributed by atoms with van der Waals surface area (Å²) in [5.41, 5.74) is 3.36. The maximum absolute atomic E-state index is 9.53. The van der Waals surface area contributed by atoms with Crippen LogP contribution in [0.1, 0.15) is 11.1 Å². The molecule has 19 heavy (non-hydrogen) atoms. The third kappa shape index (κ3) is 3.19. The van der Waals surface area contributed by atoms with E-state index in [0.717, 1.165) is 17.3 Å². The molecule has 0 fully saturated rings. The summed E-state index contributed by atoms with van der Waals surface area (Å²) in [6.45, 7) is 6.14. The van der Waals surface area contributed by atoms with Gasteiger partial charge in [-0.05, 0) is 24.0 Å². The van der Waals surface area contributed by atoms with Crippen molar-refractivity contribution in [2.45, 2.75) is 13.1 Å². The largest absolute Gasteiger partial charge is 0.504 e. The molecule has 2 aromatic carbocycles. The van der Waals surface area contributed by atoms with E-state index in [1.54, 1.807) is 6.07 Å². The van der Waals surface area contributed by atoms with Crippen LogP contribution in [0.2, 0.25) is 6.82 Å². The van der Waals surface area contributed by atoms with E-state index in [2.05, 4.69) is 25.5 Å². The molecule has 0 aliphatic carbocycles. The van der Waals surface area contributed by atoms with Gasteiger partial charge < -0.3 is 10.2 Å². The zero-order chi connectivity index (χ0) is 13.8. The van der Waals surface area contributed by atoms with Crippen molar-refractivity contribution in [3.8, 4) is 11.5 Å². The number of aromatic hydroxyl groups is 2. The molecular weight excluding hydrogens is 235 g/mol. The molecule has 0 heterocycles. The van der Waals surface area contributed by atoms with E-state index >= 15 is 0 Å². The van der Waals surface area contributed by atoms with Crippen LogP contribution in [0.4, 0.5) is 0 Å². The molecule has 2 aromatic rings. The van der Waals surface area contributed by atoms with Crippen LogP contribution in [0.15, 0.2) is 49.0 Å². The van der Waals surface area contributed by atoms with Gasteiger partial charge in [-0.1, -0.05) is 60.8 Å². The fourth-order valence-electron chi connectivity index (χ4n) is 2.17. The lowest BCUT2D eigenvalue weighted by Gasteiger charge is -2.10. The average Bonchev–Trinajstić information content (AvgIpc) is 2.42. The zero-order valence-electron chi connectivity index (χ0n) is 11.0. The van der Waals surface area contributed by atoms with Gasteiger partial charge in [0.1, 0.15) is 0 Å². The Hall–Kier alpha value is -2.16. The summed E-state index contributed by atoms with van der Waals surface area (Å²) in [6.07, 6.45) is 2.71. The summed E-state index contributed by atoms with van der Waals surface area (Å²) in [5, 5.41) is 18.9. The Labute approximate surface area is 114 Å². The lowest BCUT2D eigenvalue weighted by molar-refractivity contribution is 0.404. The Morgan fingerprint density at radius 1 is 1.11 bits per heavy atom. The standard InChI is InChI=1S/C16H17BO2/c1-3-12-5-4-6-13(9-12)11-17(2)14-7-8-15(18)16(19)10-14/h3-10,18-19H,1,11H2,2H3. The Kier molecular flexibility index (Phi) is 3.95. The topological polar surface area (TPSA) is 40.5 Å². The minimum atomic E-state index is -0.0791. The molecule has 0 atom stereocenters. The van der Waals surface area contributed by atoms with Gasteiger partial charge >= 0.3 is 0 Å². The predicted molar refractivity (Wildman–Crippen MR) is 81.3 cm³/mol. The smallest absolute Gasteiger partial charge is 0.177 e. The van der Waals surface area contributed by atoms with E-state index in [0.29, 0.717) is 0 Å². The number of phenols is 2. The first-order chi connectivity index (χ1) is 9.10. The maximum atomic E-state index is 9.53. The van der Waals surface area contributed by atoms with E-state index in [1.807, 2.05) is 24.3 Å². The molecule has 3 heteroatoms. The third-order valence-electron chi connectivity index (χ3n) is 3.30. The van der Waals surface area contributed by atoms with Crippen LogP contribution in [-0.2, 0) is 6.32 Å². The first-order valence-corrected chi connectivity index (χ1v) is 6.33. The van der Waals surface area contributed by atoms with Crippen molar-refractivity contribution < 1.29 is 10.2 Å². The molecular formula is C16H17BO2. The Morgan fingerprint density at radius 3 is 2.58 bits per heavy atom. The highest BCUT2D eigenvalue weighted by molar-refractivity contribution is 6.71. The van der Waals surface area contributed by atoms with Gasteiger partial charge in [-0.15, -0.1) is 0 Å². The van der Waals surface area contributed by atoms with Crippen LogP contribution < -0.4 is 5.46 Å². The molecule has 2 nitrogen and oxygen atoms in total. The van der Waals surface area contributed by atoms with Gasteiger partial charge in [-0.25, -0.2) is 0 Å². The van der Waals surface area contributed by atoms with Crippen molar-refractivity contribution in [3.63, 3.8) is 0 Å². The second kappa shape index (κ2) is 5.66. The van der Waals surface area contributed by atoms with E-state index < -0.39 is 0 Å². The Morgan fingerprint density at radius 2 is 1.89 bits per heavy atom. The van der Waals surface area contributed by atoms with Crippen LogP contribution in [0, 0.1) is 0 Å². The van der Waals surface area contributed by atoms with Crippen molar-refractivity contribution in [1.82, 2.24) is 0 Å². The number of rotatable bonds is 4. The first kappa shape index (κ1) is 13.3. The molecule has 2 rings (SSSR count). The summed E-state index contributed by atoms with van der Waals surface area (Å²) in [5.74, 6) is -0.145. The van der Waals surface area contributed by atoms with E-state index in [9.17, 15) is 10.2 Å². The molecule has 2 N–H and O–H groups in total. The third-order valence-corrected chi connectivity index (χ3v) is 3.30. The summed E-state index contributed by atoms with van der Waals surface area (Å²) in [7, 11) is 0. The first-order valence-electron chi connectivity index (χ1n) is 6.33. The molecule has 0 aromatic heterocycles. The van der Waals surface area contributed by atoms with Gasteiger partial charge in [0.05, 0.1) is 0 Å². The lowest BCUT2D eigenvalue weighted by atomic mass is 9.44. The van der Waals surface area contributed by atoms with Crippen molar-refractivity contribution in [3.05, 3.63) is 60.2 Å². The van der Waals surface area contributed by atoms with Crippen LogP contribution in [-0.4, -0.2) is 16.9 Å².